The fraction of sp³-hybridized carbons (Fsp3) is 0.417. The summed E-state index contributed by atoms with van der Waals surface area (Å²) in [4.78, 5) is 11.0. The fourth-order valence-corrected chi connectivity index (χ4v) is 2.02. The molecule has 1 aromatic carbocycles. The Labute approximate surface area is 88.9 Å². The lowest BCUT2D eigenvalue weighted by molar-refractivity contribution is -0.143. The van der Waals surface area contributed by atoms with Crippen LogP contribution >= 0.6 is 0 Å². The molecular weight excluding hydrogens is 190 g/mol. The molecule has 1 aromatic rings. The summed E-state index contributed by atoms with van der Waals surface area (Å²) in [6, 6.07) is 5.78. The van der Waals surface area contributed by atoms with E-state index >= 15 is 0 Å². The third-order valence-corrected chi connectivity index (χ3v) is 3.14. The summed E-state index contributed by atoms with van der Waals surface area (Å²) in [7, 11) is 0. The zero-order chi connectivity index (χ0) is 11.1. The van der Waals surface area contributed by atoms with Crippen LogP contribution in [0.1, 0.15) is 30.0 Å². The van der Waals surface area contributed by atoms with E-state index in [2.05, 4.69) is 0 Å². The van der Waals surface area contributed by atoms with E-state index in [4.69, 9.17) is 10.8 Å². The lowest BCUT2D eigenvalue weighted by Crippen LogP contribution is -2.41. The van der Waals surface area contributed by atoms with E-state index in [1.165, 1.54) is 18.1 Å². The molecule has 1 unspecified atom stereocenters. The van der Waals surface area contributed by atoms with Crippen LogP contribution in [0.15, 0.2) is 18.2 Å². The highest BCUT2D eigenvalue weighted by Crippen LogP contribution is 2.27. The van der Waals surface area contributed by atoms with Gasteiger partial charge in [0.25, 0.3) is 0 Å². The van der Waals surface area contributed by atoms with Crippen molar-refractivity contribution in [3.63, 3.8) is 0 Å². The second-order valence-electron chi connectivity index (χ2n) is 4.34. The molecule has 80 valence electrons. The maximum atomic E-state index is 11.0. The third-order valence-electron chi connectivity index (χ3n) is 3.14. The van der Waals surface area contributed by atoms with Crippen molar-refractivity contribution in [1.29, 1.82) is 0 Å². The number of rotatable bonds is 2. The second kappa shape index (κ2) is 3.35. The summed E-state index contributed by atoms with van der Waals surface area (Å²) in [5, 5.41) is 9.02. The smallest absolute Gasteiger partial charge is 0.328 e. The number of aryl methyl sites for hydroxylation is 2. The molecular formula is C12H15NO2. The lowest BCUT2D eigenvalue weighted by Gasteiger charge is -2.20. The average Bonchev–Trinajstić information content (AvgIpc) is 2.63. The minimum absolute atomic E-state index is 0.690. The zero-order valence-electron chi connectivity index (χ0n) is 8.79. The first kappa shape index (κ1) is 10.2. The Morgan fingerprint density at radius 3 is 2.73 bits per heavy atom. The topological polar surface area (TPSA) is 63.3 Å². The van der Waals surface area contributed by atoms with E-state index < -0.39 is 11.5 Å². The molecule has 0 aromatic heterocycles. The second-order valence-corrected chi connectivity index (χ2v) is 4.34. The van der Waals surface area contributed by atoms with E-state index in [1.54, 1.807) is 0 Å². The van der Waals surface area contributed by atoms with Crippen molar-refractivity contribution in [3.8, 4) is 0 Å². The predicted octanol–water partition coefficient (Wildman–Crippen LogP) is 1.43. The molecule has 1 atom stereocenters. The Hall–Kier alpha value is -1.35. The minimum Gasteiger partial charge on any atom is -0.480 e. The summed E-state index contributed by atoms with van der Waals surface area (Å²) in [6.45, 7) is 1.53. The highest BCUT2D eigenvalue weighted by molar-refractivity contribution is 5.80. The molecule has 3 heteroatoms. The number of carbonyl (C=O) groups is 1. The Morgan fingerprint density at radius 1 is 1.40 bits per heavy atom. The molecule has 0 amide bonds. The minimum atomic E-state index is -1.28. The van der Waals surface area contributed by atoms with Crippen molar-refractivity contribution in [1.82, 2.24) is 0 Å². The fourth-order valence-electron chi connectivity index (χ4n) is 2.02. The molecule has 0 radical (unpaired) electrons. The summed E-state index contributed by atoms with van der Waals surface area (Å²) in [5.41, 5.74) is 7.77. The lowest BCUT2D eigenvalue weighted by atomic mass is 9.91. The summed E-state index contributed by atoms with van der Waals surface area (Å²) < 4.78 is 0. The molecule has 3 nitrogen and oxygen atoms in total. The number of nitrogens with two attached hydrogens (primary N) is 1. The molecule has 0 saturated carbocycles. The van der Waals surface area contributed by atoms with Gasteiger partial charge >= 0.3 is 5.97 Å². The van der Waals surface area contributed by atoms with Gasteiger partial charge in [-0.3, -0.25) is 0 Å². The van der Waals surface area contributed by atoms with Gasteiger partial charge in [-0.2, -0.15) is 0 Å². The maximum absolute atomic E-state index is 11.0. The van der Waals surface area contributed by atoms with E-state index in [0.29, 0.717) is 5.56 Å². The largest absolute Gasteiger partial charge is 0.480 e. The van der Waals surface area contributed by atoms with Gasteiger partial charge in [0.05, 0.1) is 0 Å². The summed E-state index contributed by atoms with van der Waals surface area (Å²) in [6.07, 6.45) is 3.30. The number of fused-ring (bicyclic) bond motifs is 1. The maximum Gasteiger partial charge on any atom is 0.328 e. The Morgan fingerprint density at radius 2 is 2.07 bits per heavy atom. The van der Waals surface area contributed by atoms with E-state index in [9.17, 15) is 4.79 Å². The SMILES string of the molecule is CC(N)(C(=O)O)c1ccc2c(c1)CCC2. The molecule has 15 heavy (non-hydrogen) atoms. The van der Waals surface area contributed by atoms with Crippen LogP contribution in [0.25, 0.3) is 0 Å². The molecule has 1 aliphatic rings. The number of hydrogen-bond donors (Lipinski definition) is 2. The Balaban J connectivity index is 2.42. The molecule has 2 rings (SSSR count). The quantitative estimate of drug-likeness (QED) is 0.767. The van der Waals surface area contributed by atoms with Gasteiger partial charge in [0.1, 0.15) is 5.54 Å². The molecule has 0 spiro atoms. The average molecular weight is 205 g/mol. The van der Waals surface area contributed by atoms with Gasteiger partial charge < -0.3 is 10.8 Å². The number of carboxylic acid groups (broad SMARTS) is 1. The van der Waals surface area contributed by atoms with Crippen molar-refractivity contribution in [3.05, 3.63) is 34.9 Å². The molecule has 0 bridgehead atoms. The van der Waals surface area contributed by atoms with Crippen LogP contribution in [0.4, 0.5) is 0 Å². The van der Waals surface area contributed by atoms with Crippen molar-refractivity contribution in [2.75, 3.05) is 0 Å². The molecule has 1 aliphatic carbocycles. The molecule has 3 N–H and O–H groups in total. The van der Waals surface area contributed by atoms with Crippen LogP contribution < -0.4 is 5.73 Å². The number of hydrogen-bond acceptors (Lipinski definition) is 2. The van der Waals surface area contributed by atoms with Crippen molar-refractivity contribution in [2.24, 2.45) is 5.73 Å². The van der Waals surface area contributed by atoms with Gasteiger partial charge in [0.15, 0.2) is 0 Å². The number of benzene rings is 1. The first-order chi connectivity index (χ1) is 7.01. The van der Waals surface area contributed by atoms with Gasteiger partial charge in [0, 0.05) is 0 Å². The van der Waals surface area contributed by atoms with E-state index in [1.807, 2.05) is 18.2 Å². The highest BCUT2D eigenvalue weighted by Gasteiger charge is 2.30. The van der Waals surface area contributed by atoms with Crippen molar-refractivity contribution >= 4 is 5.97 Å². The van der Waals surface area contributed by atoms with Crippen LogP contribution in [0.2, 0.25) is 0 Å². The first-order valence-corrected chi connectivity index (χ1v) is 5.16. The van der Waals surface area contributed by atoms with Crippen LogP contribution in [0, 0.1) is 0 Å². The van der Waals surface area contributed by atoms with Gasteiger partial charge in [-0.25, -0.2) is 4.79 Å². The normalized spacial score (nSPS) is 18.3. The van der Waals surface area contributed by atoms with Crippen molar-refractivity contribution < 1.29 is 9.90 Å². The zero-order valence-corrected chi connectivity index (χ0v) is 8.79. The predicted molar refractivity (Wildman–Crippen MR) is 57.6 cm³/mol. The monoisotopic (exact) mass is 205 g/mol. The van der Waals surface area contributed by atoms with E-state index in [0.717, 1.165) is 19.3 Å². The van der Waals surface area contributed by atoms with Gasteiger partial charge in [-0.05, 0) is 42.9 Å². The molecule has 0 saturated heterocycles. The highest BCUT2D eigenvalue weighted by atomic mass is 16.4. The van der Waals surface area contributed by atoms with Gasteiger partial charge in [-0.1, -0.05) is 18.2 Å². The van der Waals surface area contributed by atoms with Crippen LogP contribution in [-0.4, -0.2) is 11.1 Å². The van der Waals surface area contributed by atoms with Crippen LogP contribution in [-0.2, 0) is 23.2 Å². The number of carboxylic acids is 1. The third kappa shape index (κ3) is 1.63. The number of aliphatic carboxylic acids is 1. The standard InChI is InChI=1S/C12H15NO2/c1-12(13,11(14)15)10-6-5-8-3-2-4-9(8)7-10/h5-7H,2-4,13H2,1H3,(H,14,15). The van der Waals surface area contributed by atoms with Crippen molar-refractivity contribution in [2.45, 2.75) is 31.7 Å². The van der Waals surface area contributed by atoms with E-state index in [-0.39, 0.29) is 0 Å². The molecule has 0 aliphatic heterocycles. The Bertz CT molecular complexity index is 410. The summed E-state index contributed by atoms with van der Waals surface area (Å²) in [5.74, 6) is -0.986. The van der Waals surface area contributed by atoms with Gasteiger partial charge in [0.2, 0.25) is 0 Å². The molecule has 0 fully saturated rings. The van der Waals surface area contributed by atoms with Crippen LogP contribution in [0.3, 0.4) is 0 Å². The van der Waals surface area contributed by atoms with Crippen LogP contribution in [0.5, 0.6) is 0 Å². The first-order valence-electron chi connectivity index (χ1n) is 5.16. The Kier molecular flexibility index (Phi) is 2.27. The van der Waals surface area contributed by atoms with Gasteiger partial charge in [-0.15, -0.1) is 0 Å². The molecule has 0 heterocycles. The summed E-state index contributed by atoms with van der Waals surface area (Å²) >= 11 is 0.